The number of alkyl halides is 2. The number of nitro benzene ring substituents is 1. The van der Waals surface area contributed by atoms with Gasteiger partial charge in [0.15, 0.2) is 23.9 Å². The fourth-order valence-electron chi connectivity index (χ4n) is 3.74. The van der Waals surface area contributed by atoms with E-state index in [9.17, 15) is 28.9 Å². The third-order valence-electron chi connectivity index (χ3n) is 6.01. The number of nitro groups is 1. The number of hydrogen-bond donors (Lipinski definition) is 1. The zero-order chi connectivity index (χ0) is 28.8. The summed E-state index contributed by atoms with van der Waals surface area (Å²) >= 11 is 12.5. The van der Waals surface area contributed by atoms with E-state index in [1.54, 1.807) is 0 Å². The third kappa shape index (κ3) is 8.06. The SMILES string of the molecule is O=C(NCc1ccc([N+](=O)[O-])cc1)O[C@@H](Cc1c(Cl)c[n+]([O-])cc1Cl)c1ccc(OC(F)F)c(OCC2CC2)c1. The molecular formula is C26H23Cl2F2N3O7. The van der Waals surface area contributed by atoms with Crippen molar-refractivity contribution in [2.24, 2.45) is 5.92 Å². The maximum Gasteiger partial charge on any atom is 0.408 e. The van der Waals surface area contributed by atoms with Gasteiger partial charge in [0.2, 0.25) is 0 Å². The molecule has 0 bridgehead atoms. The Kier molecular flexibility index (Phi) is 9.43. The summed E-state index contributed by atoms with van der Waals surface area (Å²) in [5.41, 5.74) is 1.17. The number of aromatic nitrogens is 1. The zero-order valence-electron chi connectivity index (χ0n) is 20.7. The summed E-state index contributed by atoms with van der Waals surface area (Å²) in [5.74, 6) is 0.192. The van der Waals surface area contributed by atoms with E-state index in [1.807, 2.05) is 0 Å². The molecule has 14 heteroatoms. The number of alkyl carbamates (subject to hydrolysis) is 1. The van der Waals surface area contributed by atoms with E-state index in [1.165, 1.54) is 42.5 Å². The molecule has 1 aromatic heterocycles. The van der Waals surface area contributed by atoms with Crippen molar-refractivity contribution in [3.05, 3.63) is 96.9 Å². The summed E-state index contributed by atoms with van der Waals surface area (Å²) in [6.07, 6.45) is 2.17. The Balaban J connectivity index is 1.57. The Hall–Kier alpha value is -3.90. The summed E-state index contributed by atoms with van der Waals surface area (Å²) in [7, 11) is 0. The van der Waals surface area contributed by atoms with Crippen molar-refractivity contribution in [3.63, 3.8) is 0 Å². The van der Waals surface area contributed by atoms with Crippen molar-refractivity contribution < 1.29 is 37.4 Å². The number of nitrogens with one attached hydrogen (secondary N) is 1. The van der Waals surface area contributed by atoms with Crippen LogP contribution in [0.1, 0.15) is 35.6 Å². The van der Waals surface area contributed by atoms with Crippen LogP contribution in [0.15, 0.2) is 54.9 Å². The molecule has 0 spiro atoms. The van der Waals surface area contributed by atoms with Gasteiger partial charge in [0.05, 0.1) is 11.5 Å². The lowest BCUT2D eigenvalue weighted by Gasteiger charge is -2.21. The molecule has 1 fully saturated rings. The monoisotopic (exact) mass is 597 g/mol. The molecule has 40 heavy (non-hydrogen) atoms. The second-order valence-electron chi connectivity index (χ2n) is 9.01. The largest absolute Gasteiger partial charge is 0.619 e. The predicted octanol–water partition coefficient (Wildman–Crippen LogP) is 6.14. The van der Waals surface area contributed by atoms with Gasteiger partial charge in [0.1, 0.15) is 16.1 Å². The Morgan fingerprint density at radius 2 is 1.77 bits per heavy atom. The molecule has 4 rings (SSSR count). The second-order valence-corrected chi connectivity index (χ2v) is 9.82. The standard InChI is InChI=1S/C26H23Cl2F2N3O7/c27-20-12-32(35)13-21(28)19(20)10-23(40-26(34)31-11-15-3-6-18(7-4-15)33(36)37)17-5-8-22(39-25(29)30)24(9-17)38-14-16-1-2-16/h3-9,12-13,16,23,25H,1-2,10-11,14H2,(H,31,34)/t23-/m0/s1. The molecule has 1 atom stereocenters. The fourth-order valence-corrected chi connectivity index (χ4v) is 4.34. The molecule has 1 saturated carbocycles. The predicted molar refractivity (Wildman–Crippen MR) is 140 cm³/mol. The van der Waals surface area contributed by atoms with Crippen LogP contribution >= 0.6 is 23.2 Å². The summed E-state index contributed by atoms with van der Waals surface area (Å²) in [5, 5.41) is 25.2. The lowest BCUT2D eigenvalue weighted by atomic mass is 10.0. The van der Waals surface area contributed by atoms with Crippen LogP contribution in [0.2, 0.25) is 10.0 Å². The van der Waals surface area contributed by atoms with Crippen molar-refractivity contribution in [3.8, 4) is 11.5 Å². The number of benzene rings is 2. The van der Waals surface area contributed by atoms with E-state index in [0.29, 0.717) is 33.9 Å². The molecule has 2 aromatic carbocycles. The van der Waals surface area contributed by atoms with E-state index in [-0.39, 0.29) is 40.2 Å². The van der Waals surface area contributed by atoms with Crippen LogP contribution in [-0.4, -0.2) is 24.2 Å². The molecule has 1 amide bonds. The molecule has 0 saturated heterocycles. The number of carbonyl (C=O) groups excluding carboxylic acids is 1. The summed E-state index contributed by atoms with van der Waals surface area (Å²) < 4.78 is 42.4. The van der Waals surface area contributed by atoms with Crippen LogP contribution in [0.4, 0.5) is 19.3 Å². The van der Waals surface area contributed by atoms with Crippen LogP contribution in [0.3, 0.4) is 0 Å². The molecule has 0 aliphatic heterocycles. The first-order chi connectivity index (χ1) is 19.1. The fraction of sp³-hybridized carbons (Fsp3) is 0.308. The maximum atomic E-state index is 13.0. The molecule has 3 aromatic rings. The molecule has 1 N–H and O–H groups in total. The number of nitrogens with zero attached hydrogens (tertiary/aromatic N) is 2. The van der Waals surface area contributed by atoms with Gasteiger partial charge in [-0.25, -0.2) is 4.79 Å². The Bertz CT molecular complexity index is 1350. The highest BCUT2D eigenvalue weighted by Gasteiger charge is 2.26. The van der Waals surface area contributed by atoms with Gasteiger partial charge in [-0.15, -0.1) is 0 Å². The average molecular weight is 598 g/mol. The van der Waals surface area contributed by atoms with E-state index in [2.05, 4.69) is 10.1 Å². The normalized spacial score (nSPS) is 13.5. The number of hydrogen-bond acceptors (Lipinski definition) is 7. The van der Waals surface area contributed by atoms with E-state index < -0.39 is 23.7 Å². The summed E-state index contributed by atoms with van der Waals surface area (Å²) in [6.45, 7) is -2.76. The first-order valence-electron chi connectivity index (χ1n) is 12.0. The Morgan fingerprint density at radius 1 is 1.10 bits per heavy atom. The number of carbonyl (C=O) groups is 1. The van der Waals surface area contributed by atoms with E-state index in [0.717, 1.165) is 25.2 Å². The van der Waals surface area contributed by atoms with Crippen molar-refractivity contribution in [2.45, 2.75) is 38.5 Å². The zero-order valence-corrected chi connectivity index (χ0v) is 22.2. The van der Waals surface area contributed by atoms with Gasteiger partial charge in [-0.3, -0.25) is 10.1 Å². The topological polar surface area (TPSA) is 127 Å². The number of ether oxygens (including phenoxy) is 3. The lowest BCUT2D eigenvalue weighted by Crippen LogP contribution is -2.27. The first kappa shape index (κ1) is 29.1. The van der Waals surface area contributed by atoms with Gasteiger partial charge >= 0.3 is 12.7 Å². The number of amides is 1. The van der Waals surface area contributed by atoms with E-state index >= 15 is 0 Å². The maximum absolute atomic E-state index is 13.0. The molecule has 0 radical (unpaired) electrons. The van der Waals surface area contributed by atoms with E-state index in [4.69, 9.17) is 32.7 Å². The Labute approximate surface area is 237 Å². The molecule has 212 valence electrons. The minimum Gasteiger partial charge on any atom is -0.619 e. The summed E-state index contributed by atoms with van der Waals surface area (Å²) in [6, 6.07) is 9.75. The van der Waals surface area contributed by atoms with Gasteiger partial charge in [-0.05, 0) is 42.0 Å². The van der Waals surface area contributed by atoms with Crippen molar-refractivity contribution >= 4 is 35.0 Å². The first-order valence-corrected chi connectivity index (χ1v) is 12.8. The highest BCUT2D eigenvalue weighted by Crippen LogP contribution is 2.37. The summed E-state index contributed by atoms with van der Waals surface area (Å²) in [4.78, 5) is 23.1. The minimum absolute atomic E-state index is 0.00347. The van der Waals surface area contributed by atoms with Crippen LogP contribution in [0.25, 0.3) is 0 Å². The Morgan fingerprint density at radius 3 is 2.38 bits per heavy atom. The molecule has 1 aliphatic carbocycles. The third-order valence-corrected chi connectivity index (χ3v) is 6.66. The second kappa shape index (κ2) is 13.0. The highest BCUT2D eigenvalue weighted by molar-refractivity contribution is 6.35. The quantitative estimate of drug-likeness (QED) is 0.115. The van der Waals surface area contributed by atoms with Crippen LogP contribution in [0, 0.1) is 21.2 Å². The smallest absolute Gasteiger partial charge is 0.408 e. The van der Waals surface area contributed by atoms with Crippen LogP contribution in [-0.2, 0) is 17.7 Å². The van der Waals surface area contributed by atoms with Gasteiger partial charge < -0.3 is 24.7 Å². The van der Waals surface area contributed by atoms with Gasteiger partial charge in [0, 0.05) is 30.7 Å². The molecule has 10 nitrogen and oxygen atoms in total. The van der Waals surface area contributed by atoms with Crippen molar-refractivity contribution in [2.75, 3.05) is 6.61 Å². The number of halogens is 4. The van der Waals surface area contributed by atoms with Gasteiger partial charge in [-0.2, -0.15) is 13.5 Å². The highest BCUT2D eigenvalue weighted by atomic mass is 35.5. The number of rotatable bonds is 12. The minimum atomic E-state index is -3.08. The van der Waals surface area contributed by atoms with Crippen LogP contribution in [0.5, 0.6) is 11.5 Å². The molecule has 0 unspecified atom stereocenters. The van der Waals surface area contributed by atoms with Crippen LogP contribution < -0.4 is 19.5 Å². The molecular weight excluding hydrogens is 575 g/mol. The lowest BCUT2D eigenvalue weighted by molar-refractivity contribution is -0.605. The molecule has 1 aliphatic rings. The van der Waals surface area contributed by atoms with Gasteiger partial charge in [-0.1, -0.05) is 41.4 Å². The molecule has 1 heterocycles. The number of pyridine rings is 1. The van der Waals surface area contributed by atoms with Gasteiger partial charge in [0.25, 0.3) is 5.69 Å². The van der Waals surface area contributed by atoms with Crippen molar-refractivity contribution in [1.29, 1.82) is 0 Å². The average Bonchev–Trinajstić information content (AvgIpc) is 3.73. The van der Waals surface area contributed by atoms with Crippen molar-refractivity contribution in [1.82, 2.24) is 5.32 Å². The number of non-ortho nitro benzene ring substituents is 1.